The lowest BCUT2D eigenvalue weighted by molar-refractivity contribution is 0.0953. The third kappa shape index (κ3) is 4.27. The van der Waals surface area contributed by atoms with Crippen molar-refractivity contribution in [3.63, 3.8) is 0 Å². The van der Waals surface area contributed by atoms with Crippen LogP contribution in [0.25, 0.3) is 0 Å². The van der Waals surface area contributed by atoms with Crippen LogP contribution in [0.3, 0.4) is 0 Å². The molecule has 0 aliphatic heterocycles. The fourth-order valence-electron chi connectivity index (χ4n) is 1.96. The van der Waals surface area contributed by atoms with Crippen molar-refractivity contribution in [1.82, 2.24) is 15.3 Å². The number of hydrogen-bond donors (Lipinski definition) is 2. The van der Waals surface area contributed by atoms with Gasteiger partial charge in [0.15, 0.2) is 0 Å². The van der Waals surface area contributed by atoms with Crippen LogP contribution in [0.4, 0.5) is 11.6 Å². The summed E-state index contributed by atoms with van der Waals surface area (Å²) in [6.07, 6.45) is 0.926. The minimum Gasteiger partial charge on any atom is -0.352 e. The second-order valence-corrected chi connectivity index (χ2v) is 4.93. The molecule has 0 fully saturated rings. The van der Waals surface area contributed by atoms with Crippen molar-refractivity contribution in [3.8, 4) is 0 Å². The van der Waals surface area contributed by atoms with E-state index in [4.69, 9.17) is 0 Å². The molecule has 0 unspecified atom stereocenters. The molecule has 2 aromatic rings. The lowest BCUT2D eigenvalue weighted by Gasteiger charge is -2.08. The number of nitrogens with one attached hydrogen (secondary N) is 2. The fourth-order valence-corrected chi connectivity index (χ4v) is 1.96. The van der Waals surface area contributed by atoms with Gasteiger partial charge in [-0.1, -0.05) is 6.92 Å². The van der Waals surface area contributed by atoms with Crippen molar-refractivity contribution < 1.29 is 4.79 Å². The Bertz CT molecular complexity index is 602. The first kappa shape index (κ1) is 15.0. The molecule has 2 rings (SSSR count). The maximum absolute atomic E-state index is 11.8. The van der Waals surface area contributed by atoms with Crippen LogP contribution in [-0.2, 0) is 0 Å². The van der Waals surface area contributed by atoms with E-state index in [1.807, 2.05) is 39.0 Å². The van der Waals surface area contributed by atoms with E-state index in [9.17, 15) is 4.79 Å². The molecule has 0 bridgehead atoms. The Kier molecular flexibility index (Phi) is 4.87. The highest BCUT2D eigenvalue weighted by Gasteiger charge is 2.05. The number of carbonyl (C=O) groups is 1. The number of anilines is 2. The molecule has 0 radical (unpaired) electrons. The highest BCUT2D eigenvalue weighted by atomic mass is 16.1. The lowest BCUT2D eigenvalue weighted by atomic mass is 10.2. The van der Waals surface area contributed by atoms with Crippen LogP contribution in [0.2, 0.25) is 0 Å². The first-order valence-corrected chi connectivity index (χ1v) is 7.06. The van der Waals surface area contributed by atoms with E-state index in [1.165, 1.54) is 0 Å². The van der Waals surface area contributed by atoms with Gasteiger partial charge in [0.05, 0.1) is 0 Å². The molecular formula is C16H20N4O. The highest BCUT2D eigenvalue weighted by Crippen LogP contribution is 2.14. The number of aryl methyl sites for hydroxylation is 2. The monoisotopic (exact) mass is 284 g/mol. The van der Waals surface area contributed by atoms with Gasteiger partial charge in [0, 0.05) is 29.2 Å². The molecule has 1 aromatic carbocycles. The van der Waals surface area contributed by atoms with Crippen LogP contribution in [0.1, 0.15) is 35.1 Å². The SMILES string of the molecule is CCCNC(=O)c1ccc(Nc2nc(C)cc(C)n2)cc1. The first-order valence-electron chi connectivity index (χ1n) is 7.06. The van der Waals surface area contributed by atoms with Gasteiger partial charge in [-0.2, -0.15) is 0 Å². The van der Waals surface area contributed by atoms with Gasteiger partial charge in [-0.15, -0.1) is 0 Å². The van der Waals surface area contributed by atoms with Crippen molar-refractivity contribution in [2.75, 3.05) is 11.9 Å². The van der Waals surface area contributed by atoms with Gasteiger partial charge >= 0.3 is 0 Å². The molecule has 0 saturated heterocycles. The molecule has 5 nitrogen and oxygen atoms in total. The summed E-state index contributed by atoms with van der Waals surface area (Å²) in [4.78, 5) is 20.5. The topological polar surface area (TPSA) is 66.9 Å². The molecule has 1 heterocycles. The molecule has 21 heavy (non-hydrogen) atoms. The van der Waals surface area contributed by atoms with Gasteiger partial charge in [-0.25, -0.2) is 9.97 Å². The second kappa shape index (κ2) is 6.83. The van der Waals surface area contributed by atoms with Gasteiger partial charge < -0.3 is 10.6 Å². The number of nitrogens with zero attached hydrogens (tertiary/aromatic N) is 2. The third-order valence-electron chi connectivity index (χ3n) is 2.92. The minimum absolute atomic E-state index is 0.0500. The van der Waals surface area contributed by atoms with E-state index in [1.54, 1.807) is 12.1 Å². The zero-order valence-electron chi connectivity index (χ0n) is 12.6. The Hall–Kier alpha value is -2.43. The van der Waals surface area contributed by atoms with Crippen molar-refractivity contribution in [2.45, 2.75) is 27.2 Å². The van der Waals surface area contributed by atoms with Crippen molar-refractivity contribution in [2.24, 2.45) is 0 Å². The summed E-state index contributed by atoms with van der Waals surface area (Å²) in [6, 6.07) is 9.20. The largest absolute Gasteiger partial charge is 0.352 e. The molecule has 1 amide bonds. The second-order valence-electron chi connectivity index (χ2n) is 4.93. The van der Waals surface area contributed by atoms with E-state index < -0.39 is 0 Å². The number of carbonyl (C=O) groups excluding carboxylic acids is 1. The summed E-state index contributed by atoms with van der Waals surface area (Å²) >= 11 is 0. The Balaban J connectivity index is 2.07. The number of amides is 1. The molecule has 0 aliphatic rings. The summed E-state index contributed by atoms with van der Waals surface area (Å²) in [7, 11) is 0. The first-order chi connectivity index (χ1) is 10.1. The molecule has 2 N–H and O–H groups in total. The molecule has 0 aliphatic carbocycles. The van der Waals surface area contributed by atoms with Crippen LogP contribution >= 0.6 is 0 Å². The number of benzene rings is 1. The zero-order chi connectivity index (χ0) is 15.2. The molecular weight excluding hydrogens is 264 g/mol. The van der Waals surface area contributed by atoms with Crippen molar-refractivity contribution in [3.05, 3.63) is 47.3 Å². The standard InChI is InChI=1S/C16H20N4O/c1-4-9-17-15(21)13-5-7-14(8-6-13)20-16-18-11(2)10-12(3)19-16/h5-8,10H,4,9H2,1-3H3,(H,17,21)(H,18,19,20). The molecule has 0 atom stereocenters. The molecule has 110 valence electrons. The van der Waals surface area contributed by atoms with Gasteiger partial charge in [-0.3, -0.25) is 4.79 Å². The summed E-state index contributed by atoms with van der Waals surface area (Å²) in [5, 5.41) is 5.99. The van der Waals surface area contributed by atoms with Gasteiger partial charge in [-0.05, 0) is 50.6 Å². The fraction of sp³-hybridized carbons (Fsp3) is 0.312. The summed E-state index contributed by atoms with van der Waals surface area (Å²) < 4.78 is 0. The predicted octanol–water partition coefficient (Wildman–Crippen LogP) is 2.98. The molecule has 0 saturated carbocycles. The minimum atomic E-state index is -0.0500. The van der Waals surface area contributed by atoms with E-state index in [0.29, 0.717) is 18.1 Å². The van der Waals surface area contributed by atoms with Crippen LogP contribution < -0.4 is 10.6 Å². The summed E-state index contributed by atoms with van der Waals surface area (Å²) in [5.41, 5.74) is 3.34. The number of rotatable bonds is 5. The Morgan fingerprint density at radius 3 is 2.29 bits per heavy atom. The van der Waals surface area contributed by atoms with Gasteiger partial charge in [0.25, 0.3) is 5.91 Å². The maximum atomic E-state index is 11.8. The van der Waals surface area contributed by atoms with Gasteiger partial charge in [0.2, 0.25) is 5.95 Å². The van der Waals surface area contributed by atoms with E-state index in [2.05, 4.69) is 20.6 Å². The predicted molar refractivity (Wildman–Crippen MR) is 83.9 cm³/mol. The Labute approximate surface area is 124 Å². The van der Waals surface area contributed by atoms with Crippen molar-refractivity contribution >= 4 is 17.5 Å². The zero-order valence-corrected chi connectivity index (χ0v) is 12.6. The highest BCUT2D eigenvalue weighted by molar-refractivity contribution is 5.94. The van der Waals surface area contributed by atoms with E-state index in [0.717, 1.165) is 23.5 Å². The summed E-state index contributed by atoms with van der Waals surface area (Å²) in [5.74, 6) is 0.515. The van der Waals surface area contributed by atoms with Crippen molar-refractivity contribution in [1.29, 1.82) is 0 Å². The normalized spacial score (nSPS) is 10.2. The average molecular weight is 284 g/mol. The number of hydrogen-bond acceptors (Lipinski definition) is 4. The van der Waals surface area contributed by atoms with Crippen LogP contribution in [-0.4, -0.2) is 22.4 Å². The third-order valence-corrected chi connectivity index (χ3v) is 2.92. The van der Waals surface area contributed by atoms with Gasteiger partial charge in [0.1, 0.15) is 0 Å². The average Bonchev–Trinajstić information content (AvgIpc) is 2.44. The van der Waals surface area contributed by atoms with E-state index >= 15 is 0 Å². The summed E-state index contributed by atoms with van der Waals surface area (Å²) in [6.45, 7) is 6.58. The Morgan fingerprint density at radius 2 is 1.71 bits per heavy atom. The lowest BCUT2D eigenvalue weighted by Crippen LogP contribution is -2.23. The molecule has 0 spiro atoms. The molecule has 1 aromatic heterocycles. The molecule has 5 heteroatoms. The Morgan fingerprint density at radius 1 is 1.10 bits per heavy atom. The van der Waals surface area contributed by atoms with E-state index in [-0.39, 0.29) is 5.91 Å². The smallest absolute Gasteiger partial charge is 0.251 e. The quantitative estimate of drug-likeness (QED) is 0.885. The number of aromatic nitrogens is 2. The van der Waals surface area contributed by atoms with Crippen LogP contribution in [0.15, 0.2) is 30.3 Å². The van der Waals surface area contributed by atoms with Crippen LogP contribution in [0, 0.1) is 13.8 Å². The van der Waals surface area contributed by atoms with Crippen LogP contribution in [0.5, 0.6) is 0 Å². The maximum Gasteiger partial charge on any atom is 0.251 e.